The summed E-state index contributed by atoms with van der Waals surface area (Å²) in [7, 11) is 0. The highest BCUT2D eigenvalue weighted by molar-refractivity contribution is 7.34. The van der Waals surface area contributed by atoms with Crippen LogP contribution in [0.15, 0.2) is 175 Å². The van der Waals surface area contributed by atoms with E-state index in [0.29, 0.717) is 0 Å². The fraction of sp³-hybridized carbons (Fsp3) is 0. The van der Waals surface area contributed by atoms with Crippen LogP contribution in [0.3, 0.4) is 0 Å². The van der Waals surface area contributed by atoms with Crippen LogP contribution < -0.4 is 4.90 Å². The molecule has 11 aromatic rings. The topological polar surface area (TPSA) is 13.1 Å². The summed E-state index contributed by atoms with van der Waals surface area (Å²) in [6.07, 6.45) is 0. The maximum atomic E-state index is 2.52. The maximum absolute atomic E-state index is 2.52. The number of rotatable bonds is 6. The van der Waals surface area contributed by atoms with Gasteiger partial charge in [0.25, 0.3) is 0 Å². The van der Waals surface area contributed by atoms with Gasteiger partial charge in [-0.2, -0.15) is 0 Å². The van der Waals surface area contributed by atoms with Gasteiger partial charge >= 0.3 is 0 Å². The number of nitrogens with zero attached hydrogens (tertiary/aromatic N) is 3. The average molecular weight is 720 g/mol. The number of thiophene rings is 3. The number of anilines is 3. The Hall–Kier alpha value is -5.92. The molecule has 6 heteroatoms. The Morgan fingerprint density at radius 2 is 0.981 bits per heavy atom. The molecule has 0 radical (unpaired) electrons. The summed E-state index contributed by atoms with van der Waals surface area (Å²) in [6, 6.07) is 61.4. The quantitative estimate of drug-likeness (QED) is 0.167. The van der Waals surface area contributed by atoms with Crippen LogP contribution in [0.1, 0.15) is 0 Å². The van der Waals surface area contributed by atoms with E-state index in [9.17, 15) is 0 Å². The van der Waals surface area contributed by atoms with E-state index in [1.165, 1.54) is 73.5 Å². The fourth-order valence-corrected chi connectivity index (χ4v) is 11.3. The first-order chi connectivity index (χ1) is 25.8. The molecule has 0 aliphatic heterocycles. The molecule has 5 heterocycles. The van der Waals surface area contributed by atoms with Crippen molar-refractivity contribution in [3.8, 4) is 22.5 Å². The van der Waals surface area contributed by atoms with E-state index < -0.39 is 0 Å². The predicted molar refractivity (Wildman–Crippen MR) is 226 cm³/mol. The highest BCUT2D eigenvalue weighted by Gasteiger charge is 2.27. The molecule has 3 nitrogen and oxygen atoms in total. The minimum absolute atomic E-state index is 1.15. The van der Waals surface area contributed by atoms with Crippen molar-refractivity contribution in [1.82, 2.24) is 9.13 Å². The van der Waals surface area contributed by atoms with Crippen molar-refractivity contribution in [2.45, 2.75) is 0 Å². The van der Waals surface area contributed by atoms with E-state index in [0.717, 1.165) is 17.1 Å². The van der Waals surface area contributed by atoms with Crippen LogP contribution in [0.5, 0.6) is 0 Å². The Morgan fingerprint density at radius 3 is 1.69 bits per heavy atom. The fourth-order valence-electron chi connectivity index (χ4n) is 7.68. The molecule has 0 aliphatic rings. The summed E-state index contributed by atoms with van der Waals surface area (Å²) < 4.78 is 10.3. The molecule has 5 aromatic heterocycles. The van der Waals surface area contributed by atoms with Crippen molar-refractivity contribution in [3.05, 3.63) is 175 Å². The SMILES string of the molecule is c1ccc(N(c2ccccc2)c2cc3c(s2)c2sc4c5sccc5n(-c5ccccc5)c4c2n3-c2ccc(-c3ccc4ccccc4c3)cc2)cc1. The van der Waals surface area contributed by atoms with E-state index in [-0.39, 0.29) is 0 Å². The number of hydrogen-bond acceptors (Lipinski definition) is 4. The van der Waals surface area contributed by atoms with E-state index in [1.807, 2.05) is 34.0 Å². The van der Waals surface area contributed by atoms with Crippen molar-refractivity contribution in [3.63, 3.8) is 0 Å². The predicted octanol–water partition coefficient (Wildman–Crippen LogP) is 14.4. The Bertz CT molecular complexity index is 3010. The minimum Gasteiger partial charge on any atom is -0.306 e. The Balaban J connectivity index is 1.18. The van der Waals surface area contributed by atoms with Crippen molar-refractivity contribution in [1.29, 1.82) is 0 Å². The van der Waals surface area contributed by atoms with Gasteiger partial charge in [0, 0.05) is 22.7 Å². The lowest BCUT2D eigenvalue weighted by molar-refractivity contribution is 1.15. The number of aromatic nitrogens is 2. The number of para-hydroxylation sites is 3. The summed E-state index contributed by atoms with van der Waals surface area (Å²) in [4.78, 5) is 2.39. The normalized spacial score (nSPS) is 11.8. The van der Waals surface area contributed by atoms with Gasteiger partial charge in [-0.3, -0.25) is 0 Å². The summed E-state index contributed by atoms with van der Waals surface area (Å²) in [5.41, 5.74) is 12.1. The van der Waals surface area contributed by atoms with Gasteiger partial charge in [0.1, 0.15) is 5.00 Å². The summed E-state index contributed by atoms with van der Waals surface area (Å²) in [5.74, 6) is 0. The second-order valence-electron chi connectivity index (χ2n) is 13.0. The summed E-state index contributed by atoms with van der Waals surface area (Å²) in [6.45, 7) is 0. The highest BCUT2D eigenvalue weighted by atomic mass is 32.1. The van der Waals surface area contributed by atoms with E-state index in [2.05, 4.69) is 189 Å². The van der Waals surface area contributed by atoms with E-state index in [4.69, 9.17) is 0 Å². The molecule has 0 saturated carbocycles. The third-order valence-electron chi connectivity index (χ3n) is 10.0. The van der Waals surface area contributed by atoms with Crippen LogP contribution in [0.25, 0.3) is 74.1 Å². The molecule has 0 N–H and O–H groups in total. The van der Waals surface area contributed by atoms with Gasteiger partial charge in [-0.05, 0) is 94.0 Å². The van der Waals surface area contributed by atoms with Gasteiger partial charge in [-0.1, -0.05) is 103 Å². The largest absolute Gasteiger partial charge is 0.306 e. The molecule has 6 aromatic carbocycles. The first-order valence-electron chi connectivity index (χ1n) is 17.3. The molecule has 0 atom stereocenters. The maximum Gasteiger partial charge on any atom is 0.103 e. The average Bonchev–Trinajstić information content (AvgIpc) is 4.02. The highest BCUT2D eigenvalue weighted by Crippen LogP contribution is 2.52. The summed E-state index contributed by atoms with van der Waals surface area (Å²) >= 11 is 5.65. The first kappa shape index (κ1) is 29.8. The number of benzene rings is 6. The molecule has 0 unspecified atom stereocenters. The van der Waals surface area contributed by atoms with E-state index in [1.54, 1.807) is 0 Å². The first-order valence-corrected chi connectivity index (χ1v) is 19.8. The third kappa shape index (κ3) is 4.55. The van der Waals surface area contributed by atoms with Crippen molar-refractivity contribution < 1.29 is 0 Å². The molecule has 0 spiro atoms. The van der Waals surface area contributed by atoms with Crippen LogP contribution in [-0.4, -0.2) is 9.13 Å². The molecule has 11 rings (SSSR count). The Labute approximate surface area is 312 Å². The standard InChI is InChI=1S/C46H29N3S3/c1-4-14-34(15-5-1)47(35-16-6-2-7-17-35)40-29-39-44(51-40)46-42(41-45(52-46)43-38(26-27-50-43)48(41)36-18-8-3-9-19-36)49(39)37-24-22-31(23-25-37)33-21-20-30-12-10-11-13-32(30)28-33/h1-29H. The molecule has 0 bridgehead atoms. The van der Waals surface area contributed by atoms with Gasteiger partial charge in [-0.15, -0.1) is 34.0 Å². The monoisotopic (exact) mass is 719 g/mol. The van der Waals surface area contributed by atoms with Crippen LogP contribution in [0.2, 0.25) is 0 Å². The second-order valence-corrected chi connectivity index (χ2v) is 16.0. The second kappa shape index (κ2) is 11.8. The Kier molecular flexibility index (Phi) is 6.77. The van der Waals surface area contributed by atoms with Gasteiger partial charge < -0.3 is 14.0 Å². The molecule has 52 heavy (non-hydrogen) atoms. The van der Waals surface area contributed by atoms with Crippen molar-refractivity contribution in [2.24, 2.45) is 0 Å². The zero-order valence-corrected chi connectivity index (χ0v) is 30.3. The van der Waals surface area contributed by atoms with Gasteiger partial charge in [0.05, 0.1) is 40.9 Å². The molecular formula is C46H29N3S3. The molecule has 246 valence electrons. The number of fused-ring (bicyclic) bond motifs is 8. The summed E-state index contributed by atoms with van der Waals surface area (Å²) in [5, 5.41) is 5.93. The minimum atomic E-state index is 1.15. The van der Waals surface area contributed by atoms with Crippen molar-refractivity contribution in [2.75, 3.05) is 4.90 Å². The molecule has 0 saturated heterocycles. The van der Waals surface area contributed by atoms with Gasteiger partial charge in [0.2, 0.25) is 0 Å². The van der Waals surface area contributed by atoms with Gasteiger partial charge in [0.15, 0.2) is 0 Å². The lowest BCUT2D eigenvalue weighted by Crippen LogP contribution is -2.07. The van der Waals surface area contributed by atoms with Crippen LogP contribution in [0.4, 0.5) is 16.4 Å². The lowest BCUT2D eigenvalue weighted by atomic mass is 10.0. The zero-order chi connectivity index (χ0) is 34.2. The Morgan fingerprint density at radius 1 is 0.404 bits per heavy atom. The molecular weight excluding hydrogens is 691 g/mol. The van der Waals surface area contributed by atoms with Crippen LogP contribution in [-0.2, 0) is 0 Å². The molecule has 0 fully saturated rings. The lowest BCUT2D eigenvalue weighted by Gasteiger charge is -2.23. The van der Waals surface area contributed by atoms with Crippen molar-refractivity contribution >= 4 is 102 Å². The van der Waals surface area contributed by atoms with E-state index >= 15 is 0 Å². The smallest absolute Gasteiger partial charge is 0.103 e. The molecule has 0 amide bonds. The zero-order valence-electron chi connectivity index (χ0n) is 27.8. The van der Waals surface area contributed by atoms with Crippen LogP contribution >= 0.6 is 34.0 Å². The molecule has 0 aliphatic carbocycles. The number of hydrogen-bond donors (Lipinski definition) is 0. The third-order valence-corrected chi connectivity index (χ3v) is 13.5. The van der Waals surface area contributed by atoms with Gasteiger partial charge in [-0.25, -0.2) is 0 Å². The van der Waals surface area contributed by atoms with Crippen LogP contribution in [0, 0.1) is 0 Å².